The van der Waals surface area contributed by atoms with Gasteiger partial charge in [0.15, 0.2) is 0 Å². The maximum atomic E-state index is 12.4. The Kier molecular flexibility index (Phi) is 6.27. The summed E-state index contributed by atoms with van der Waals surface area (Å²) in [4.78, 5) is 16.7. The number of aryl methyl sites for hydroxylation is 2. The molecule has 0 bridgehead atoms. The number of hydrogen-bond donors (Lipinski definition) is 2. The molecule has 0 unspecified atom stereocenters. The van der Waals surface area contributed by atoms with E-state index in [4.69, 9.17) is 4.74 Å². The first kappa shape index (κ1) is 19.4. The standard InChI is InChI=1S/C23H25N3O2/c1-16-7-9-20(13-17(16)2)26-23(27)19-8-10-22(25-15-19)24-12-11-18-5-4-6-21(14-18)28-3/h4-10,13-15H,11-12H2,1-3H3,(H,24,25)(H,26,27). The third-order valence-electron chi connectivity index (χ3n) is 4.64. The van der Waals surface area contributed by atoms with Gasteiger partial charge < -0.3 is 15.4 Å². The van der Waals surface area contributed by atoms with Gasteiger partial charge in [-0.2, -0.15) is 0 Å². The van der Waals surface area contributed by atoms with Crippen molar-refractivity contribution in [3.8, 4) is 5.75 Å². The minimum absolute atomic E-state index is 0.168. The molecule has 0 radical (unpaired) electrons. The lowest BCUT2D eigenvalue weighted by molar-refractivity contribution is 0.102. The molecule has 1 amide bonds. The molecule has 1 heterocycles. The summed E-state index contributed by atoms with van der Waals surface area (Å²) in [6.07, 6.45) is 2.44. The Hall–Kier alpha value is -3.34. The van der Waals surface area contributed by atoms with E-state index in [2.05, 4.69) is 21.7 Å². The van der Waals surface area contributed by atoms with E-state index in [0.717, 1.165) is 35.8 Å². The third kappa shape index (κ3) is 5.10. The molecule has 28 heavy (non-hydrogen) atoms. The van der Waals surface area contributed by atoms with Crippen LogP contribution in [0.25, 0.3) is 0 Å². The highest BCUT2D eigenvalue weighted by atomic mass is 16.5. The lowest BCUT2D eigenvalue weighted by Gasteiger charge is -2.09. The molecule has 2 aromatic carbocycles. The van der Waals surface area contributed by atoms with Crippen molar-refractivity contribution in [1.29, 1.82) is 0 Å². The number of rotatable bonds is 7. The number of hydrogen-bond acceptors (Lipinski definition) is 4. The van der Waals surface area contributed by atoms with Gasteiger partial charge in [0.1, 0.15) is 11.6 Å². The number of methoxy groups -OCH3 is 1. The summed E-state index contributed by atoms with van der Waals surface area (Å²) in [5, 5.41) is 6.19. The SMILES string of the molecule is COc1cccc(CCNc2ccc(C(=O)Nc3ccc(C)c(C)c3)cn2)c1. The zero-order valence-corrected chi connectivity index (χ0v) is 16.5. The summed E-state index contributed by atoms with van der Waals surface area (Å²) < 4.78 is 5.24. The molecule has 0 saturated heterocycles. The highest BCUT2D eigenvalue weighted by molar-refractivity contribution is 6.04. The second-order valence-electron chi connectivity index (χ2n) is 6.71. The zero-order chi connectivity index (χ0) is 19.9. The number of nitrogens with zero attached hydrogens (tertiary/aromatic N) is 1. The van der Waals surface area contributed by atoms with Gasteiger partial charge in [-0.3, -0.25) is 4.79 Å². The molecule has 0 saturated carbocycles. The average molecular weight is 375 g/mol. The molecule has 1 aromatic heterocycles. The normalized spacial score (nSPS) is 10.4. The van der Waals surface area contributed by atoms with E-state index in [1.807, 2.05) is 56.3 Å². The van der Waals surface area contributed by atoms with Crippen molar-refractivity contribution in [3.05, 3.63) is 83.0 Å². The van der Waals surface area contributed by atoms with E-state index in [9.17, 15) is 4.79 Å². The summed E-state index contributed by atoms with van der Waals surface area (Å²) in [5.74, 6) is 1.43. The van der Waals surface area contributed by atoms with Crippen molar-refractivity contribution in [1.82, 2.24) is 4.98 Å². The first-order valence-corrected chi connectivity index (χ1v) is 9.26. The Bertz CT molecular complexity index is 952. The molecule has 2 N–H and O–H groups in total. The Labute approximate surface area is 165 Å². The number of nitrogens with one attached hydrogen (secondary N) is 2. The van der Waals surface area contributed by atoms with Crippen molar-refractivity contribution in [2.75, 3.05) is 24.3 Å². The van der Waals surface area contributed by atoms with Crippen LogP contribution >= 0.6 is 0 Å². The summed E-state index contributed by atoms with van der Waals surface area (Å²) in [7, 11) is 1.67. The van der Waals surface area contributed by atoms with Crippen molar-refractivity contribution in [3.63, 3.8) is 0 Å². The van der Waals surface area contributed by atoms with Gasteiger partial charge in [-0.05, 0) is 73.4 Å². The number of anilines is 2. The molecule has 0 aliphatic rings. The third-order valence-corrected chi connectivity index (χ3v) is 4.64. The average Bonchev–Trinajstić information content (AvgIpc) is 2.71. The predicted octanol–water partition coefficient (Wildman–Crippen LogP) is 4.61. The van der Waals surface area contributed by atoms with Gasteiger partial charge >= 0.3 is 0 Å². The fraction of sp³-hybridized carbons (Fsp3) is 0.217. The van der Waals surface area contributed by atoms with Gasteiger partial charge in [0.05, 0.1) is 12.7 Å². The monoisotopic (exact) mass is 375 g/mol. The molecule has 3 rings (SSSR count). The number of pyridine rings is 1. The number of benzene rings is 2. The maximum absolute atomic E-state index is 12.4. The predicted molar refractivity (Wildman–Crippen MR) is 113 cm³/mol. The molecule has 0 aliphatic carbocycles. The Balaban J connectivity index is 1.53. The molecule has 0 aliphatic heterocycles. The number of carbonyl (C=O) groups excluding carboxylic acids is 1. The zero-order valence-electron chi connectivity index (χ0n) is 16.5. The smallest absolute Gasteiger partial charge is 0.257 e. The van der Waals surface area contributed by atoms with Crippen LogP contribution < -0.4 is 15.4 Å². The topological polar surface area (TPSA) is 63.2 Å². The summed E-state index contributed by atoms with van der Waals surface area (Å²) in [6.45, 7) is 4.82. The van der Waals surface area contributed by atoms with E-state index in [1.54, 1.807) is 19.4 Å². The minimum atomic E-state index is -0.168. The second kappa shape index (κ2) is 9.04. The second-order valence-corrected chi connectivity index (χ2v) is 6.71. The molecule has 5 heteroatoms. The van der Waals surface area contributed by atoms with Crippen LogP contribution in [-0.4, -0.2) is 24.5 Å². The highest BCUT2D eigenvalue weighted by Crippen LogP contribution is 2.16. The van der Waals surface area contributed by atoms with Gasteiger partial charge in [0.2, 0.25) is 0 Å². The van der Waals surface area contributed by atoms with E-state index >= 15 is 0 Å². The van der Waals surface area contributed by atoms with E-state index in [0.29, 0.717) is 5.56 Å². The number of ether oxygens (including phenoxy) is 1. The van der Waals surface area contributed by atoms with Crippen LogP contribution in [0.4, 0.5) is 11.5 Å². The fourth-order valence-corrected chi connectivity index (χ4v) is 2.82. The maximum Gasteiger partial charge on any atom is 0.257 e. The largest absolute Gasteiger partial charge is 0.497 e. The molecule has 0 fully saturated rings. The quantitative estimate of drug-likeness (QED) is 0.633. The van der Waals surface area contributed by atoms with Crippen molar-refractivity contribution < 1.29 is 9.53 Å². The van der Waals surface area contributed by atoms with Gasteiger partial charge in [-0.25, -0.2) is 4.98 Å². The van der Waals surface area contributed by atoms with Gasteiger partial charge in [-0.15, -0.1) is 0 Å². The Morgan fingerprint density at radius 2 is 1.89 bits per heavy atom. The first-order chi connectivity index (χ1) is 13.5. The Morgan fingerprint density at radius 1 is 1.04 bits per heavy atom. The van der Waals surface area contributed by atoms with Crippen LogP contribution in [0, 0.1) is 13.8 Å². The van der Waals surface area contributed by atoms with Gasteiger partial charge in [-0.1, -0.05) is 18.2 Å². The highest BCUT2D eigenvalue weighted by Gasteiger charge is 2.07. The lowest BCUT2D eigenvalue weighted by atomic mass is 10.1. The first-order valence-electron chi connectivity index (χ1n) is 9.26. The lowest BCUT2D eigenvalue weighted by Crippen LogP contribution is -2.13. The molecule has 0 atom stereocenters. The molecular formula is C23H25N3O2. The van der Waals surface area contributed by atoms with Crippen LogP contribution in [0.2, 0.25) is 0 Å². The summed E-state index contributed by atoms with van der Waals surface area (Å²) in [5.41, 5.74) is 4.84. The number of aromatic nitrogens is 1. The van der Waals surface area contributed by atoms with Gasteiger partial charge in [0, 0.05) is 18.4 Å². The van der Waals surface area contributed by atoms with E-state index in [-0.39, 0.29) is 5.91 Å². The van der Waals surface area contributed by atoms with Crippen molar-refractivity contribution in [2.24, 2.45) is 0 Å². The molecule has 0 spiro atoms. The summed E-state index contributed by atoms with van der Waals surface area (Å²) >= 11 is 0. The van der Waals surface area contributed by atoms with Crippen LogP contribution in [0.3, 0.4) is 0 Å². The molecular weight excluding hydrogens is 350 g/mol. The molecule has 5 nitrogen and oxygen atoms in total. The van der Waals surface area contributed by atoms with Crippen LogP contribution in [-0.2, 0) is 6.42 Å². The van der Waals surface area contributed by atoms with Crippen molar-refractivity contribution >= 4 is 17.4 Å². The van der Waals surface area contributed by atoms with Crippen molar-refractivity contribution in [2.45, 2.75) is 20.3 Å². The Morgan fingerprint density at radius 3 is 2.61 bits per heavy atom. The van der Waals surface area contributed by atoms with Crippen LogP contribution in [0.15, 0.2) is 60.8 Å². The number of carbonyl (C=O) groups is 1. The fourth-order valence-electron chi connectivity index (χ4n) is 2.82. The molecule has 3 aromatic rings. The van der Waals surface area contributed by atoms with E-state index < -0.39 is 0 Å². The van der Waals surface area contributed by atoms with Crippen LogP contribution in [0.5, 0.6) is 5.75 Å². The van der Waals surface area contributed by atoms with Crippen LogP contribution in [0.1, 0.15) is 27.0 Å². The molecule has 144 valence electrons. The summed E-state index contributed by atoms with van der Waals surface area (Å²) in [6, 6.07) is 17.5. The van der Waals surface area contributed by atoms with Gasteiger partial charge in [0.25, 0.3) is 5.91 Å². The minimum Gasteiger partial charge on any atom is -0.497 e. The number of amides is 1. The van der Waals surface area contributed by atoms with E-state index in [1.165, 1.54) is 11.1 Å².